The summed E-state index contributed by atoms with van der Waals surface area (Å²) in [6.45, 7) is 1.22. The van der Waals surface area contributed by atoms with Gasteiger partial charge in [0.05, 0.1) is 44.2 Å². The minimum atomic E-state index is -1.44. The average Bonchev–Trinajstić information content (AvgIpc) is 2.73. The summed E-state index contributed by atoms with van der Waals surface area (Å²) in [5.41, 5.74) is 0.439. The van der Waals surface area contributed by atoms with Crippen molar-refractivity contribution < 1.29 is 28.5 Å². The molecule has 0 aliphatic rings. The molecule has 0 radical (unpaired) electrons. The number of benzene rings is 2. The van der Waals surface area contributed by atoms with Crippen molar-refractivity contribution in [3.8, 4) is 23.0 Å². The van der Waals surface area contributed by atoms with Crippen LogP contribution in [0.4, 0.5) is 11.4 Å². The van der Waals surface area contributed by atoms with Crippen LogP contribution in [0.1, 0.15) is 6.92 Å². The molecule has 0 aromatic heterocycles. The summed E-state index contributed by atoms with van der Waals surface area (Å²) in [5, 5.41) is 11.0. The molecule has 2 aromatic carbocycles. The van der Waals surface area contributed by atoms with E-state index in [0.717, 1.165) is 0 Å². The number of hydrogen-bond acceptors (Lipinski definition) is 8. The number of nitrogens with one attached hydrogen (secondary N) is 1. The summed E-state index contributed by atoms with van der Waals surface area (Å²) >= 11 is 12.2. The molecule has 0 heterocycles. The van der Waals surface area contributed by atoms with Gasteiger partial charge >= 0.3 is 0 Å². The van der Waals surface area contributed by atoms with Gasteiger partial charge < -0.3 is 24.3 Å². The third-order valence-electron chi connectivity index (χ3n) is 4.08. The number of carbonyl (C=O) groups excluding carboxylic acids is 2. The predicted octanol–water partition coefficient (Wildman–Crippen LogP) is 4.71. The third kappa shape index (κ3) is 5.77. The van der Waals surface area contributed by atoms with Crippen LogP contribution in [0.2, 0.25) is 10.0 Å². The Balaban J connectivity index is 2.37. The van der Waals surface area contributed by atoms with E-state index in [1.807, 2.05) is 0 Å². The van der Waals surface area contributed by atoms with Crippen LogP contribution < -0.4 is 24.3 Å². The Morgan fingerprint density at radius 1 is 0.903 bits per heavy atom. The summed E-state index contributed by atoms with van der Waals surface area (Å²) in [4.78, 5) is 24.9. The quantitative estimate of drug-likeness (QED) is 0.420. The topological polar surface area (TPSA) is 108 Å². The lowest BCUT2D eigenvalue weighted by Crippen LogP contribution is -2.32. The van der Waals surface area contributed by atoms with Crippen molar-refractivity contribution in [1.29, 1.82) is 0 Å². The molecule has 0 fully saturated rings. The summed E-state index contributed by atoms with van der Waals surface area (Å²) in [5.74, 6) is -0.0540. The lowest BCUT2D eigenvalue weighted by atomic mass is 10.2. The Bertz CT molecular complexity index is 1010. The first-order valence-electron chi connectivity index (χ1n) is 8.80. The van der Waals surface area contributed by atoms with Crippen molar-refractivity contribution in [1.82, 2.24) is 0 Å². The van der Waals surface area contributed by atoms with Gasteiger partial charge in [0.1, 0.15) is 22.9 Å². The summed E-state index contributed by atoms with van der Waals surface area (Å²) in [7, 11) is 5.70. The molecule has 9 nitrogen and oxygen atoms in total. The van der Waals surface area contributed by atoms with Crippen LogP contribution in [0.5, 0.6) is 23.0 Å². The lowest BCUT2D eigenvalue weighted by molar-refractivity contribution is -0.126. The minimum Gasteiger partial charge on any atom is -0.497 e. The maximum atomic E-state index is 12.8. The molecule has 0 saturated carbocycles. The number of hydrogen-bond donors (Lipinski definition) is 1. The van der Waals surface area contributed by atoms with Crippen molar-refractivity contribution in [2.45, 2.75) is 13.0 Å². The van der Waals surface area contributed by atoms with Gasteiger partial charge in [-0.15, -0.1) is 0 Å². The van der Waals surface area contributed by atoms with Crippen molar-refractivity contribution >= 4 is 46.3 Å². The zero-order valence-electron chi connectivity index (χ0n) is 17.5. The standard InChI is InChI=1S/C20H21Cl2N3O6/c1-10(26)18(25-24-14-9-16(29-3)12(21)8-17(14)30-4)20(27)23-15-7-11(28-2)6-13(22)19(15)31-5/h6-9,18H,1-5H3,(H,23,27). The van der Waals surface area contributed by atoms with Crippen molar-refractivity contribution in [3.63, 3.8) is 0 Å². The van der Waals surface area contributed by atoms with Gasteiger partial charge in [0, 0.05) is 24.3 Å². The average molecular weight is 470 g/mol. The van der Waals surface area contributed by atoms with Gasteiger partial charge in [0.2, 0.25) is 6.04 Å². The van der Waals surface area contributed by atoms with Gasteiger partial charge in [0.15, 0.2) is 11.5 Å². The molecule has 11 heteroatoms. The van der Waals surface area contributed by atoms with E-state index >= 15 is 0 Å². The summed E-state index contributed by atoms with van der Waals surface area (Å²) < 4.78 is 20.7. The number of rotatable bonds is 9. The van der Waals surface area contributed by atoms with Crippen LogP contribution in [-0.2, 0) is 9.59 Å². The van der Waals surface area contributed by atoms with E-state index in [1.165, 1.54) is 59.6 Å². The maximum Gasteiger partial charge on any atom is 0.258 e. The van der Waals surface area contributed by atoms with Crippen molar-refractivity contribution in [2.24, 2.45) is 10.2 Å². The van der Waals surface area contributed by atoms with Crippen LogP contribution in [-0.4, -0.2) is 46.2 Å². The fourth-order valence-electron chi connectivity index (χ4n) is 2.55. The van der Waals surface area contributed by atoms with Gasteiger partial charge in [-0.3, -0.25) is 9.59 Å². The highest BCUT2D eigenvalue weighted by Gasteiger charge is 2.25. The van der Waals surface area contributed by atoms with E-state index in [-0.39, 0.29) is 22.1 Å². The molecular formula is C20H21Cl2N3O6. The number of ether oxygens (including phenoxy) is 4. The number of anilines is 1. The second kappa shape index (κ2) is 10.8. The highest BCUT2D eigenvalue weighted by atomic mass is 35.5. The SMILES string of the molecule is COc1cc(Cl)c(OC)c(NC(=O)C(N=Nc2cc(OC)c(Cl)cc2OC)C(C)=O)c1. The second-order valence-corrected chi connectivity index (χ2v) is 6.88. The molecule has 31 heavy (non-hydrogen) atoms. The first-order valence-corrected chi connectivity index (χ1v) is 9.56. The first-order chi connectivity index (χ1) is 14.7. The molecule has 0 aliphatic carbocycles. The van der Waals surface area contributed by atoms with E-state index in [2.05, 4.69) is 15.5 Å². The zero-order chi connectivity index (χ0) is 23.1. The highest BCUT2D eigenvalue weighted by Crippen LogP contribution is 2.39. The van der Waals surface area contributed by atoms with Crippen LogP contribution in [0.25, 0.3) is 0 Å². The number of Topliss-reactive ketones (excluding diaryl/α,β-unsaturated/α-hetero) is 1. The molecule has 0 aliphatic heterocycles. The third-order valence-corrected chi connectivity index (χ3v) is 4.66. The summed E-state index contributed by atoms with van der Waals surface area (Å²) in [6.07, 6.45) is 0. The number of halogens is 2. The molecule has 0 spiro atoms. The monoisotopic (exact) mass is 469 g/mol. The Morgan fingerprint density at radius 3 is 2.13 bits per heavy atom. The predicted molar refractivity (Wildman–Crippen MR) is 117 cm³/mol. The van der Waals surface area contributed by atoms with E-state index in [1.54, 1.807) is 0 Å². The number of ketones is 1. The summed E-state index contributed by atoms with van der Waals surface area (Å²) in [6, 6.07) is 4.55. The first kappa shape index (κ1) is 24.2. The van der Waals surface area contributed by atoms with Gasteiger partial charge in [-0.05, 0) is 6.92 Å². The Kier molecular flexibility index (Phi) is 8.47. The van der Waals surface area contributed by atoms with Crippen LogP contribution in [0.15, 0.2) is 34.5 Å². The molecule has 1 unspecified atom stereocenters. The van der Waals surface area contributed by atoms with E-state index < -0.39 is 17.7 Å². The molecule has 1 atom stereocenters. The fraction of sp³-hybridized carbons (Fsp3) is 0.300. The Morgan fingerprint density at radius 2 is 1.58 bits per heavy atom. The molecule has 0 bridgehead atoms. The molecular weight excluding hydrogens is 449 g/mol. The smallest absolute Gasteiger partial charge is 0.258 e. The van der Waals surface area contributed by atoms with Crippen molar-refractivity contribution in [2.75, 3.05) is 33.8 Å². The molecule has 0 saturated heterocycles. The van der Waals surface area contributed by atoms with Crippen LogP contribution in [0.3, 0.4) is 0 Å². The number of carbonyl (C=O) groups is 2. The molecule has 2 rings (SSSR count). The maximum absolute atomic E-state index is 12.8. The number of amides is 1. The zero-order valence-corrected chi connectivity index (χ0v) is 19.0. The fourth-order valence-corrected chi connectivity index (χ4v) is 3.07. The molecule has 1 amide bonds. The molecule has 1 N–H and O–H groups in total. The van der Waals surface area contributed by atoms with Crippen LogP contribution in [0, 0.1) is 0 Å². The lowest BCUT2D eigenvalue weighted by Gasteiger charge is -2.15. The van der Waals surface area contributed by atoms with Crippen LogP contribution >= 0.6 is 23.2 Å². The normalized spacial score (nSPS) is 11.7. The van der Waals surface area contributed by atoms with Gasteiger partial charge in [-0.1, -0.05) is 23.2 Å². The minimum absolute atomic E-state index is 0.208. The van der Waals surface area contributed by atoms with E-state index in [9.17, 15) is 9.59 Å². The van der Waals surface area contributed by atoms with Gasteiger partial charge in [-0.2, -0.15) is 10.2 Å². The van der Waals surface area contributed by atoms with E-state index in [4.69, 9.17) is 42.1 Å². The highest BCUT2D eigenvalue weighted by molar-refractivity contribution is 6.33. The molecule has 2 aromatic rings. The van der Waals surface area contributed by atoms with Gasteiger partial charge in [-0.25, -0.2) is 0 Å². The number of azo groups is 1. The molecule has 166 valence electrons. The number of nitrogens with zero attached hydrogens (tertiary/aromatic N) is 2. The van der Waals surface area contributed by atoms with Gasteiger partial charge in [0.25, 0.3) is 5.91 Å². The van der Waals surface area contributed by atoms with Crippen molar-refractivity contribution in [3.05, 3.63) is 34.3 Å². The second-order valence-electron chi connectivity index (χ2n) is 6.07. The largest absolute Gasteiger partial charge is 0.497 e. The Labute approximate surface area is 189 Å². The number of methoxy groups -OCH3 is 4. The Hall–Kier alpha value is -3.04. The van der Waals surface area contributed by atoms with E-state index in [0.29, 0.717) is 22.3 Å².